The van der Waals surface area contributed by atoms with E-state index in [1.54, 1.807) is 25.1 Å². The maximum absolute atomic E-state index is 11.9. The van der Waals surface area contributed by atoms with Gasteiger partial charge in [0.2, 0.25) is 0 Å². The summed E-state index contributed by atoms with van der Waals surface area (Å²) in [6.07, 6.45) is 1.31. The first-order valence-corrected chi connectivity index (χ1v) is 8.75. The summed E-state index contributed by atoms with van der Waals surface area (Å²) >= 11 is 0. The number of ether oxygens (including phenoxy) is 2. The second-order valence-electron chi connectivity index (χ2n) is 5.74. The number of carbonyl (C=O) groups excluding carboxylic acids is 3. The van der Waals surface area contributed by atoms with Crippen molar-refractivity contribution in [1.82, 2.24) is 5.43 Å². The number of hydrogen-bond acceptors (Lipinski definition) is 7. The SMILES string of the molecule is CCOc1cc(/C=N/NC(=O)C(=O)Nc2ccc(C#N)cc2)ccc1OCC(N)=O. The molecule has 154 valence electrons. The van der Waals surface area contributed by atoms with Crippen LogP contribution in [0.5, 0.6) is 11.5 Å². The van der Waals surface area contributed by atoms with Crippen LogP contribution in [0.25, 0.3) is 0 Å². The van der Waals surface area contributed by atoms with Crippen molar-refractivity contribution in [2.24, 2.45) is 10.8 Å². The largest absolute Gasteiger partial charge is 0.490 e. The molecule has 0 aliphatic rings. The normalized spacial score (nSPS) is 10.1. The Kier molecular flexibility index (Phi) is 7.90. The monoisotopic (exact) mass is 409 g/mol. The van der Waals surface area contributed by atoms with Gasteiger partial charge in [0.15, 0.2) is 18.1 Å². The molecule has 3 amide bonds. The van der Waals surface area contributed by atoms with E-state index in [0.29, 0.717) is 34.9 Å². The van der Waals surface area contributed by atoms with E-state index in [1.807, 2.05) is 6.07 Å². The smallest absolute Gasteiger partial charge is 0.329 e. The number of hydrogen-bond donors (Lipinski definition) is 3. The summed E-state index contributed by atoms with van der Waals surface area (Å²) in [5.41, 5.74) is 8.53. The molecule has 0 radical (unpaired) electrons. The molecule has 0 fully saturated rings. The highest BCUT2D eigenvalue weighted by Gasteiger charge is 2.13. The van der Waals surface area contributed by atoms with Gasteiger partial charge in [0, 0.05) is 5.69 Å². The first-order valence-electron chi connectivity index (χ1n) is 8.75. The van der Waals surface area contributed by atoms with Crippen LogP contribution in [0.1, 0.15) is 18.1 Å². The van der Waals surface area contributed by atoms with Gasteiger partial charge in [0.05, 0.1) is 24.5 Å². The minimum absolute atomic E-state index is 0.294. The van der Waals surface area contributed by atoms with Crippen LogP contribution in [0.3, 0.4) is 0 Å². The number of hydrazone groups is 1. The molecule has 2 rings (SSSR count). The second kappa shape index (κ2) is 10.8. The Morgan fingerprint density at radius 3 is 2.47 bits per heavy atom. The van der Waals surface area contributed by atoms with Crippen molar-refractivity contribution in [3.63, 3.8) is 0 Å². The molecule has 10 nitrogen and oxygen atoms in total. The van der Waals surface area contributed by atoms with E-state index in [2.05, 4.69) is 15.8 Å². The summed E-state index contributed by atoms with van der Waals surface area (Å²) in [4.78, 5) is 34.6. The van der Waals surface area contributed by atoms with Gasteiger partial charge in [-0.05, 0) is 55.0 Å². The number of nitrogens with one attached hydrogen (secondary N) is 2. The Morgan fingerprint density at radius 2 is 1.83 bits per heavy atom. The summed E-state index contributed by atoms with van der Waals surface area (Å²) in [6, 6.07) is 12.8. The average molecular weight is 409 g/mol. The molecule has 0 heterocycles. The standard InChI is InChI=1S/C20H19N5O5/c1-2-29-17-9-14(5-8-16(17)30-12-18(22)26)11-23-25-20(28)19(27)24-15-6-3-13(10-21)4-7-15/h3-9,11H,2,12H2,1H3,(H2,22,26)(H,24,27)(H,25,28)/b23-11+. The zero-order valence-electron chi connectivity index (χ0n) is 16.0. The maximum Gasteiger partial charge on any atom is 0.329 e. The molecule has 0 aromatic heterocycles. The van der Waals surface area contributed by atoms with Crippen molar-refractivity contribution >= 4 is 29.6 Å². The Bertz CT molecular complexity index is 996. The molecule has 0 spiro atoms. The molecule has 0 saturated heterocycles. The number of nitriles is 1. The third kappa shape index (κ3) is 6.65. The van der Waals surface area contributed by atoms with Gasteiger partial charge in [0.25, 0.3) is 5.91 Å². The quantitative estimate of drug-likeness (QED) is 0.334. The lowest BCUT2D eigenvalue weighted by atomic mass is 10.2. The highest BCUT2D eigenvalue weighted by atomic mass is 16.5. The molecule has 2 aromatic carbocycles. The van der Waals surface area contributed by atoms with E-state index in [0.717, 1.165) is 0 Å². The molecule has 0 saturated carbocycles. The third-order valence-electron chi connectivity index (χ3n) is 3.50. The Hall–Kier alpha value is -4.39. The molecule has 30 heavy (non-hydrogen) atoms. The molecule has 0 bridgehead atoms. The van der Waals surface area contributed by atoms with Crippen LogP contribution in [0.4, 0.5) is 5.69 Å². The zero-order chi connectivity index (χ0) is 21.9. The molecule has 4 N–H and O–H groups in total. The molecule has 0 unspecified atom stereocenters. The Labute approximate surface area is 172 Å². The van der Waals surface area contributed by atoms with Crippen LogP contribution in [0.15, 0.2) is 47.6 Å². The van der Waals surface area contributed by atoms with Crippen LogP contribution >= 0.6 is 0 Å². The number of rotatable bonds is 8. The first-order chi connectivity index (χ1) is 14.4. The fourth-order valence-corrected chi connectivity index (χ4v) is 2.17. The number of carbonyl (C=O) groups is 3. The second-order valence-corrected chi connectivity index (χ2v) is 5.74. The van der Waals surface area contributed by atoms with Crippen molar-refractivity contribution < 1.29 is 23.9 Å². The van der Waals surface area contributed by atoms with Crippen LogP contribution < -0.4 is 25.9 Å². The first kappa shape index (κ1) is 21.9. The van der Waals surface area contributed by atoms with Crippen LogP contribution in [-0.4, -0.2) is 37.1 Å². The molecule has 0 aliphatic carbocycles. The van der Waals surface area contributed by atoms with Gasteiger partial charge in [-0.1, -0.05) is 0 Å². The molecule has 10 heteroatoms. The lowest BCUT2D eigenvalue weighted by Crippen LogP contribution is -2.32. The van der Waals surface area contributed by atoms with Gasteiger partial charge in [-0.25, -0.2) is 5.43 Å². The highest BCUT2D eigenvalue weighted by molar-refractivity contribution is 6.39. The number of anilines is 1. The molecular formula is C20H19N5O5. The summed E-state index contributed by atoms with van der Waals surface area (Å²) in [5.74, 6) is -1.81. The summed E-state index contributed by atoms with van der Waals surface area (Å²) in [5, 5.41) is 14.9. The fourth-order valence-electron chi connectivity index (χ4n) is 2.17. The zero-order valence-corrected chi connectivity index (χ0v) is 16.0. The van der Waals surface area contributed by atoms with Crippen LogP contribution in [0.2, 0.25) is 0 Å². The van der Waals surface area contributed by atoms with Crippen molar-refractivity contribution in [1.29, 1.82) is 5.26 Å². The Balaban J connectivity index is 1.96. The van der Waals surface area contributed by atoms with E-state index in [1.165, 1.54) is 30.5 Å². The van der Waals surface area contributed by atoms with Gasteiger partial charge < -0.3 is 20.5 Å². The number of benzene rings is 2. The van der Waals surface area contributed by atoms with E-state index in [9.17, 15) is 14.4 Å². The van der Waals surface area contributed by atoms with Gasteiger partial charge >= 0.3 is 11.8 Å². The van der Waals surface area contributed by atoms with Crippen LogP contribution in [0, 0.1) is 11.3 Å². The average Bonchev–Trinajstić information content (AvgIpc) is 2.73. The van der Waals surface area contributed by atoms with Gasteiger partial charge in [-0.2, -0.15) is 10.4 Å². The van der Waals surface area contributed by atoms with Gasteiger partial charge in [0.1, 0.15) is 0 Å². The van der Waals surface area contributed by atoms with E-state index in [4.69, 9.17) is 20.5 Å². The minimum Gasteiger partial charge on any atom is -0.490 e. The highest BCUT2D eigenvalue weighted by Crippen LogP contribution is 2.28. The predicted octanol–water partition coefficient (Wildman–Crippen LogP) is 0.910. The third-order valence-corrected chi connectivity index (χ3v) is 3.50. The van der Waals surface area contributed by atoms with Crippen molar-refractivity contribution in [3.05, 3.63) is 53.6 Å². The lowest BCUT2D eigenvalue weighted by Gasteiger charge is -2.11. The summed E-state index contributed by atoms with van der Waals surface area (Å²) in [6.45, 7) is 1.85. The van der Waals surface area contributed by atoms with Gasteiger partial charge in [-0.15, -0.1) is 0 Å². The van der Waals surface area contributed by atoms with Crippen molar-refractivity contribution in [2.45, 2.75) is 6.92 Å². The topological polar surface area (TPSA) is 156 Å². The molecule has 0 atom stereocenters. The fraction of sp³-hybridized carbons (Fsp3) is 0.150. The van der Waals surface area contributed by atoms with E-state index < -0.39 is 17.7 Å². The molecule has 0 aliphatic heterocycles. The number of nitrogens with zero attached hydrogens (tertiary/aromatic N) is 2. The summed E-state index contributed by atoms with van der Waals surface area (Å²) < 4.78 is 10.7. The Morgan fingerprint density at radius 1 is 1.10 bits per heavy atom. The van der Waals surface area contributed by atoms with Crippen LogP contribution in [-0.2, 0) is 14.4 Å². The number of primary amides is 1. The molecule has 2 aromatic rings. The number of amides is 3. The van der Waals surface area contributed by atoms with E-state index in [-0.39, 0.29) is 6.61 Å². The number of nitrogens with two attached hydrogens (primary N) is 1. The maximum atomic E-state index is 11.9. The van der Waals surface area contributed by atoms with Crippen molar-refractivity contribution in [2.75, 3.05) is 18.5 Å². The molecular weight excluding hydrogens is 390 g/mol. The van der Waals surface area contributed by atoms with E-state index >= 15 is 0 Å². The predicted molar refractivity (Wildman–Crippen MR) is 108 cm³/mol. The van der Waals surface area contributed by atoms with Crippen molar-refractivity contribution in [3.8, 4) is 17.6 Å². The summed E-state index contributed by atoms with van der Waals surface area (Å²) in [7, 11) is 0. The minimum atomic E-state index is -0.970. The lowest BCUT2D eigenvalue weighted by molar-refractivity contribution is -0.136. The van der Waals surface area contributed by atoms with Gasteiger partial charge in [-0.3, -0.25) is 14.4 Å².